The zero-order chi connectivity index (χ0) is 10.3. The Hall–Kier alpha value is -0.840. The summed E-state index contributed by atoms with van der Waals surface area (Å²) in [5.41, 5.74) is 1.28. The molecule has 1 aliphatic rings. The summed E-state index contributed by atoms with van der Waals surface area (Å²) in [6.07, 6.45) is 3.35. The fourth-order valence-electron chi connectivity index (χ4n) is 1.76. The van der Waals surface area contributed by atoms with Crippen LogP contribution in [0.2, 0.25) is 0 Å². The summed E-state index contributed by atoms with van der Waals surface area (Å²) in [5, 5.41) is 6.73. The Kier molecular flexibility index (Phi) is 4.20. The maximum Gasteiger partial charge on any atom is 0.0824 e. The van der Waals surface area contributed by atoms with E-state index in [0.717, 1.165) is 39.2 Å². The van der Waals surface area contributed by atoms with E-state index in [-0.39, 0.29) is 0 Å². The largest absolute Gasteiger partial charge is 0.374 e. The molecule has 2 rings (SSSR count). The molecule has 1 fully saturated rings. The van der Waals surface area contributed by atoms with Gasteiger partial charge >= 0.3 is 0 Å². The molecule has 2 heterocycles. The van der Waals surface area contributed by atoms with Crippen molar-refractivity contribution in [1.29, 1.82) is 0 Å². The Bertz CT molecular complexity index is 255. The summed E-state index contributed by atoms with van der Waals surface area (Å²) in [7, 11) is 0. The van der Waals surface area contributed by atoms with Gasteiger partial charge in [-0.05, 0) is 18.6 Å². The molecule has 0 radical (unpaired) electrons. The topological polar surface area (TPSA) is 49.1 Å². The number of ether oxygens (including phenoxy) is 1. The van der Waals surface area contributed by atoms with Crippen molar-refractivity contribution in [2.45, 2.75) is 12.5 Å². The molecule has 0 saturated carbocycles. The van der Waals surface area contributed by atoms with Crippen LogP contribution in [-0.4, -0.2) is 43.9 Å². The summed E-state index contributed by atoms with van der Waals surface area (Å²) < 4.78 is 5.58. The van der Waals surface area contributed by atoms with Crippen molar-refractivity contribution in [3.05, 3.63) is 24.0 Å². The van der Waals surface area contributed by atoms with Crippen molar-refractivity contribution in [3.8, 4) is 0 Å². The van der Waals surface area contributed by atoms with Crippen LogP contribution in [0.3, 0.4) is 0 Å². The van der Waals surface area contributed by atoms with Gasteiger partial charge in [0.05, 0.1) is 12.7 Å². The third-order valence-electron chi connectivity index (χ3n) is 2.61. The van der Waals surface area contributed by atoms with Gasteiger partial charge in [-0.3, -0.25) is 0 Å². The second kappa shape index (κ2) is 5.90. The van der Waals surface area contributed by atoms with Gasteiger partial charge < -0.3 is 20.4 Å². The van der Waals surface area contributed by atoms with Gasteiger partial charge in [0.15, 0.2) is 0 Å². The third-order valence-corrected chi connectivity index (χ3v) is 2.61. The Morgan fingerprint density at radius 2 is 2.53 bits per heavy atom. The number of nitrogens with one attached hydrogen (secondary N) is 3. The summed E-state index contributed by atoms with van der Waals surface area (Å²) in [6.45, 7) is 4.73. The minimum atomic E-state index is 0.336. The molecule has 15 heavy (non-hydrogen) atoms. The molecule has 0 aliphatic carbocycles. The van der Waals surface area contributed by atoms with Crippen molar-refractivity contribution in [2.75, 3.05) is 32.8 Å². The van der Waals surface area contributed by atoms with E-state index in [0.29, 0.717) is 6.10 Å². The van der Waals surface area contributed by atoms with Crippen LogP contribution in [0.5, 0.6) is 0 Å². The molecule has 1 aromatic rings. The van der Waals surface area contributed by atoms with Crippen molar-refractivity contribution in [3.63, 3.8) is 0 Å². The first-order valence-corrected chi connectivity index (χ1v) is 5.60. The molecular formula is C11H19N3O. The predicted molar refractivity (Wildman–Crippen MR) is 60.0 cm³/mol. The highest BCUT2D eigenvalue weighted by Crippen LogP contribution is 1.96. The SMILES string of the molecule is c1c[nH]c(CCNCC2CNCCO2)c1. The number of morpholine rings is 1. The molecule has 0 amide bonds. The lowest BCUT2D eigenvalue weighted by Gasteiger charge is -2.23. The maximum absolute atomic E-state index is 5.58. The van der Waals surface area contributed by atoms with Crippen LogP contribution in [0, 0.1) is 0 Å². The van der Waals surface area contributed by atoms with Crippen LogP contribution in [0.25, 0.3) is 0 Å². The zero-order valence-corrected chi connectivity index (χ0v) is 8.96. The van der Waals surface area contributed by atoms with E-state index in [1.165, 1.54) is 5.69 Å². The normalized spacial score (nSPS) is 21.7. The van der Waals surface area contributed by atoms with E-state index < -0.39 is 0 Å². The maximum atomic E-state index is 5.58. The van der Waals surface area contributed by atoms with Gasteiger partial charge in [0.25, 0.3) is 0 Å². The molecule has 1 aliphatic heterocycles. The van der Waals surface area contributed by atoms with Crippen LogP contribution >= 0.6 is 0 Å². The van der Waals surface area contributed by atoms with Gasteiger partial charge in [-0.25, -0.2) is 0 Å². The average molecular weight is 209 g/mol. The first kappa shape index (κ1) is 10.7. The van der Waals surface area contributed by atoms with Crippen molar-refractivity contribution >= 4 is 0 Å². The standard InChI is InChI=1S/C11H19N3O/c1-2-10(14-4-1)3-5-12-8-11-9-13-6-7-15-11/h1-2,4,11-14H,3,5-9H2. The molecule has 84 valence electrons. The van der Waals surface area contributed by atoms with Gasteiger partial charge in [0.1, 0.15) is 0 Å². The predicted octanol–water partition coefficient (Wildman–Crippen LogP) is 0.135. The first-order valence-electron chi connectivity index (χ1n) is 5.60. The quantitative estimate of drug-likeness (QED) is 0.604. The molecule has 1 aromatic heterocycles. The Labute approximate surface area is 90.4 Å². The Balaban J connectivity index is 1.54. The van der Waals surface area contributed by atoms with Crippen LogP contribution in [0.1, 0.15) is 5.69 Å². The summed E-state index contributed by atoms with van der Waals surface area (Å²) in [4.78, 5) is 3.19. The van der Waals surface area contributed by atoms with E-state index in [1.807, 2.05) is 12.3 Å². The van der Waals surface area contributed by atoms with Gasteiger partial charge in [0, 0.05) is 38.1 Å². The summed E-state index contributed by atoms with van der Waals surface area (Å²) in [5.74, 6) is 0. The van der Waals surface area contributed by atoms with Gasteiger partial charge in [-0.2, -0.15) is 0 Å². The number of aromatic nitrogens is 1. The molecule has 0 bridgehead atoms. The number of hydrogen-bond donors (Lipinski definition) is 3. The van der Waals surface area contributed by atoms with Crippen LogP contribution in [0.15, 0.2) is 18.3 Å². The second-order valence-corrected chi connectivity index (χ2v) is 3.85. The Morgan fingerprint density at radius 3 is 3.27 bits per heavy atom. The molecule has 0 aromatic carbocycles. The molecule has 4 nitrogen and oxygen atoms in total. The highest BCUT2D eigenvalue weighted by Gasteiger charge is 2.11. The van der Waals surface area contributed by atoms with Gasteiger partial charge in [-0.1, -0.05) is 0 Å². The van der Waals surface area contributed by atoms with Crippen molar-refractivity contribution in [2.24, 2.45) is 0 Å². The second-order valence-electron chi connectivity index (χ2n) is 3.85. The number of hydrogen-bond acceptors (Lipinski definition) is 3. The van der Waals surface area contributed by atoms with Crippen LogP contribution in [0.4, 0.5) is 0 Å². The lowest BCUT2D eigenvalue weighted by atomic mass is 10.3. The van der Waals surface area contributed by atoms with E-state index in [1.54, 1.807) is 0 Å². The minimum absolute atomic E-state index is 0.336. The highest BCUT2D eigenvalue weighted by molar-refractivity contribution is 5.03. The van der Waals surface area contributed by atoms with Crippen molar-refractivity contribution < 1.29 is 4.74 Å². The highest BCUT2D eigenvalue weighted by atomic mass is 16.5. The number of H-pyrrole nitrogens is 1. The summed E-state index contributed by atoms with van der Waals surface area (Å²) >= 11 is 0. The lowest BCUT2D eigenvalue weighted by Crippen LogP contribution is -2.44. The molecule has 3 N–H and O–H groups in total. The van der Waals surface area contributed by atoms with E-state index in [2.05, 4.69) is 21.7 Å². The molecule has 0 spiro atoms. The smallest absolute Gasteiger partial charge is 0.0824 e. The number of aromatic amines is 1. The molecule has 1 saturated heterocycles. The van der Waals surface area contributed by atoms with E-state index in [9.17, 15) is 0 Å². The van der Waals surface area contributed by atoms with E-state index in [4.69, 9.17) is 4.74 Å². The lowest BCUT2D eigenvalue weighted by molar-refractivity contribution is 0.0294. The Morgan fingerprint density at radius 1 is 1.53 bits per heavy atom. The summed E-state index contributed by atoms with van der Waals surface area (Å²) in [6, 6.07) is 4.14. The van der Waals surface area contributed by atoms with E-state index >= 15 is 0 Å². The average Bonchev–Trinajstić information content (AvgIpc) is 2.79. The molecule has 1 unspecified atom stereocenters. The van der Waals surface area contributed by atoms with Crippen LogP contribution < -0.4 is 10.6 Å². The van der Waals surface area contributed by atoms with Crippen LogP contribution in [-0.2, 0) is 11.2 Å². The molecule has 4 heteroatoms. The fourth-order valence-corrected chi connectivity index (χ4v) is 1.76. The van der Waals surface area contributed by atoms with Gasteiger partial charge in [0.2, 0.25) is 0 Å². The zero-order valence-electron chi connectivity index (χ0n) is 8.96. The van der Waals surface area contributed by atoms with Gasteiger partial charge in [-0.15, -0.1) is 0 Å². The fraction of sp³-hybridized carbons (Fsp3) is 0.636. The minimum Gasteiger partial charge on any atom is -0.374 e. The molecular weight excluding hydrogens is 190 g/mol. The first-order chi connectivity index (χ1) is 7.45. The van der Waals surface area contributed by atoms with Crippen molar-refractivity contribution in [1.82, 2.24) is 15.6 Å². The number of rotatable bonds is 5. The third kappa shape index (κ3) is 3.66. The monoisotopic (exact) mass is 209 g/mol. The molecule has 1 atom stereocenters.